The van der Waals surface area contributed by atoms with Gasteiger partial charge in [-0.05, 0) is 19.9 Å². The summed E-state index contributed by atoms with van der Waals surface area (Å²) in [5.41, 5.74) is 18.9. The van der Waals surface area contributed by atoms with Gasteiger partial charge in [0.05, 0.1) is 6.61 Å². The van der Waals surface area contributed by atoms with E-state index in [4.69, 9.17) is 27.9 Å². The number of unbranched alkanes of at least 4 members (excludes halogenated alkanes) is 7. The molecule has 1 aliphatic heterocycles. The van der Waals surface area contributed by atoms with Crippen molar-refractivity contribution in [2.75, 3.05) is 59.5 Å². The molecule has 0 radical (unpaired) electrons. The molecule has 0 saturated carbocycles. The van der Waals surface area contributed by atoms with Gasteiger partial charge in [-0.3, -0.25) is 9.63 Å². The largest absolute Gasteiger partial charge is 0.679 e. The zero-order valence-corrected chi connectivity index (χ0v) is 33.3. The van der Waals surface area contributed by atoms with Crippen LogP contribution >= 0.6 is 18.8 Å². The second kappa shape index (κ2) is 68.4. The minimum absolute atomic E-state index is 0.0823. The topological polar surface area (TPSA) is 140 Å². The van der Waals surface area contributed by atoms with Gasteiger partial charge in [-0.25, -0.2) is 6.42 Å². The van der Waals surface area contributed by atoms with E-state index in [1.54, 1.807) is 37.5 Å². The van der Waals surface area contributed by atoms with Gasteiger partial charge in [0.25, 0.3) is 0 Å². The van der Waals surface area contributed by atoms with Crippen LogP contribution in [0, 0.1) is 6.92 Å². The fraction of sp³-hybridized carbons (Fsp3) is 0.929. The van der Waals surface area contributed by atoms with Crippen LogP contribution in [0.5, 0.6) is 0 Å². The number of hydrogen-bond acceptors (Lipinski definition) is 4. The smallest absolute Gasteiger partial charge is 0.171 e. The molecule has 0 unspecified atom stereocenters. The van der Waals surface area contributed by atoms with E-state index in [1.807, 2.05) is 27.7 Å². The fourth-order valence-corrected chi connectivity index (χ4v) is 2.54. The van der Waals surface area contributed by atoms with Crippen molar-refractivity contribution in [2.45, 2.75) is 112 Å². The van der Waals surface area contributed by atoms with Crippen LogP contribution in [-0.2, 0) is 47.2 Å². The van der Waals surface area contributed by atoms with E-state index in [0.717, 1.165) is 57.1 Å². The fourth-order valence-electron chi connectivity index (χ4n) is 2.54. The number of hydroxylamine groups is 2. The van der Waals surface area contributed by atoms with Gasteiger partial charge in [-0.15, -0.1) is 0 Å². The van der Waals surface area contributed by atoms with Crippen LogP contribution in [0.15, 0.2) is 0 Å². The van der Waals surface area contributed by atoms with Gasteiger partial charge in [0, 0.05) is 32.6 Å². The quantitative estimate of drug-likeness (QED) is 0.105. The number of rotatable bonds is 14. The third kappa shape index (κ3) is 74.2. The average molecular weight is 994 g/mol. The molecule has 13 heteroatoms. The van der Waals surface area contributed by atoms with Gasteiger partial charge in [0.15, 0.2) is 0 Å². The molecule has 0 aromatic heterocycles. The van der Waals surface area contributed by atoms with Crippen LogP contribution in [0.25, 0.3) is 23.0 Å². The number of amides is 1. The number of carbonyl (C=O) groups excluding carboxylic acids is 1. The first-order valence-electron chi connectivity index (χ1n) is 15.0. The molecular weight excluding hydrogens is 927 g/mol. The van der Waals surface area contributed by atoms with Crippen molar-refractivity contribution < 1.29 is 47.2 Å². The third-order valence-electron chi connectivity index (χ3n) is 4.52. The minimum Gasteiger partial charge on any atom is -0.679 e. The molecule has 1 amide bonds. The predicted octanol–water partition coefficient (Wildman–Crippen LogP) is 9.96. The first kappa shape index (κ1) is 57.8. The van der Waals surface area contributed by atoms with E-state index >= 15 is 0 Å². The molecule has 0 bridgehead atoms. The van der Waals surface area contributed by atoms with Crippen molar-refractivity contribution >= 4 is 24.7 Å². The molecule has 0 aliphatic carbocycles. The summed E-state index contributed by atoms with van der Waals surface area (Å²) in [6.45, 7) is 21.8. The van der Waals surface area contributed by atoms with Crippen LogP contribution in [-0.4, -0.2) is 75.4 Å². The molecule has 1 rings (SSSR count). The number of piperazine rings is 1. The maximum absolute atomic E-state index is 10.8. The van der Waals surface area contributed by atoms with Gasteiger partial charge < -0.3 is 40.3 Å². The van der Waals surface area contributed by atoms with Crippen molar-refractivity contribution in [1.29, 1.82) is 0 Å². The van der Waals surface area contributed by atoms with Crippen molar-refractivity contribution in [2.24, 2.45) is 0 Å². The van der Waals surface area contributed by atoms with Gasteiger partial charge in [-0.1, -0.05) is 86.5 Å². The standard InChI is InChI=1S/C11H24N2O.C8H17N2O.C3H7N.C2H6N2.2C2H6.2ClH.2Pt/c1-2-3-4-5-6-11-14-13-9-7-12-8-10-13;1-3-4-5-6-7-8(11)10(2)9;1-2-3-4;3-1-2-4;2*1-2;;;;/h12H,2-11H2,1H3;9H,3-7H2,1-2H3;4H,1-3H2;3-4H,1-2H2;2*1-2H3;2*1H;;/q;-1;2*-2;;;;;2*+1/p-2. The zero-order valence-electron chi connectivity index (χ0n) is 27.2. The van der Waals surface area contributed by atoms with Crippen LogP contribution in [0.2, 0.25) is 0 Å². The van der Waals surface area contributed by atoms with Gasteiger partial charge >= 0.3 is 56.4 Å². The van der Waals surface area contributed by atoms with Crippen molar-refractivity contribution in [3.05, 3.63) is 30.0 Å². The maximum atomic E-state index is 10.8. The van der Waals surface area contributed by atoms with E-state index in [2.05, 4.69) is 50.0 Å². The number of hydrogen-bond donors (Lipinski definition) is 1. The zero-order chi connectivity index (χ0) is 33.6. The Balaban J connectivity index is -0.0000000759. The molecule has 41 heavy (non-hydrogen) atoms. The van der Waals surface area contributed by atoms with Crippen molar-refractivity contribution in [1.82, 2.24) is 15.4 Å². The molecule has 1 saturated heterocycles. The van der Waals surface area contributed by atoms with E-state index in [-0.39, 0.29) is 19.0 Å². The Bertz CT molecular complexity index is 372. The second-order valence-corrected chi connectivity index (χ2v) is 7.79. The van der Waals surface area contributed by atoms with Crippen LogP contribution < -0.4 is 5.32 Å². The summed E-state index contributed by atoms with van der Waals surface area (Å²) in [4.78, 5) is 16.5. The Kier molecular flexibility index (Phi) is 96.3. The van der Waals surface area contributed by atoms with E-state index in [1.165, 1.54) is 52.0 Å². The SMILES string of the molecule is CC.CC.CCCCCCC(=O)N(C)[NH-].CCCCCCCON1CCNCC1.[CH2-]CC[NH-].[Cl][Pt].[Cl][Pt].[NH-]CC[NH-]. The van der Waals surface area contributed by atoms with Gasteiger partial charge in [-0.2, -0.15) is 24.7 Å². The Morgan fingerprint density at radius 2 is 1.22 bits per heavy atom. The maximum Gasteiger partial charge on any atom is -0.171 e. The van der Waals surface area contributed by atoms with Crippen LogP contribution in [0.1, 0.15) is 112 Å². The molecule has 0 aromatic rings. The number of carbonyl (C=O) groups is 1. The minimum atomic E-state index is -0.0823. The Hall–Kier alpha value is 1.15. The predicted molar refractivity (Wildman–Crippen MR) is 177 cm³/mol. The average Bonchev–Trinajstić information content (AvgIpc) is 3.05. The van der Waals surface area contributed by atoms with Crippen molar-refractivity contribution in [3.8, 4) is 0 Å². The van der Waals surface area contributed by atoms with Crippen LogP contribution in [0.4, 0.5) is 0 Å². The number of halogens is 2. The summed E-state index contributed by atoms with van der Waals surface area (Å²) < 4.78 is 0. The summed E-state index contributed by atoms with van der Waals surface area (Å²) in [5.74, 6) is 6.87. The summed E-state index contributed by atoms with van der Waals surface area (Å²) in [5, 5.41) is 6.31. The normalized spacial score (nSPS) is 11.1. The van der Waals surface area contributed by atoms with E-state index in [9.17, 15) is 4.79 Å². The summed E-state index contributed by atoms with van der Waals surface area (Å²) in [7, 11) is 10.7. The Morgan fingerprint density at radius 1 is 0.829 bits per heavy atom. The summed E-state index contributed by atoms with van der Waals surface area (Å²) in [6.07, 6.45) is 12.3. The molecule has 0 spiro atoms. The third-order valence-corrected chi connectivity index (χ3v) is 4.52. The van der Waals surface area contributed by atoms with Crippen LogP contribution in [0.3, 0.4) is 0 Å². The molecule has 1 aliphatic rings. The molecule has 0 aromatic carbocycles. The molecule has 264 valence electrons. The number of nitrogens with one attached hydrogen (secondary N) is 5. The first-order chi connectivity index (χ1) is 19.9. The molecule has 9 nitrogen and oxygen atoms in total. The monoisotopic (exact) mass is 992 g/mol. The molecular formula is C28H66Cl2N7O2Pt2-5. The second-order valence-electron chi connectivity index (χ2n) is 7.79. The molecule has 1 fully saturated rings. The first-order valence-corrected chi connectivity index (χ1v) is 20.6. The summed E-state index contributed by atoms with van der Waals surface area (Å²) >= 11 is 3.22. The van der Waals surface area contributed by atoms with Crippen molar-refractivity contribution in [3.63, 3.8) is 0 Å². The Morgan fingerprint density at radius 3 is 1.56 bits per heavy atom. The van der Waals surface area contributed by atoms with Gasteiger partial charge in [0.1, 0.15) is 0 Å². The summed E-state index contributed by atoms with van der Waals surface area (Å²) in [6, 6.07) is 0. The Labute approximate surface area is 287 Å². The van der Waals surface area contributed by atoms with E-state index < -0.39 is 0 Å². The van der Waals surface area contributed by atoms with E-state index in [0.29, 0.717) is 13.0 Å². The molecule has 1 heterocycles. The molecule has 5 N–H and O–H groups in total. The molecule has 0 atom stereocenters. The van der Waals surface area contributed by atoms with Gasteiger partial charge in [0.2, 0.25) is 5.91 Å². The number of nitrogens with zero attached hydrogens (tertiary/aromatic N) is 2.